The maximum absolute atomic E-state index is 12.7. The van der Waals surface area contributed by atoms with Gasteiger partial charge in [0, 0.05) is 29.3 Å². The van der Waals surface area contributed by atoms with E-state index < -0.39 is 10.0 Å². The molecule has 19 heavy (non-hydrogen) atoms. The Morgan fingerprint density at radius 3 is 2.58 bits per heavy atom. The normalized spacial score (nSPS) is 25.4. The molecule has 0 aromatic heterocycles. The summed E-state index contributed by atoms with van der Waals surface area (Å²) in [7, 11) is -3.41. The van der Waals surface area contributed by atoms with Gasteiger partial charge in [0.2, 0.25) is 10.0 Å². The Morgan fingerprint density at radius 2 is 2.00 bits per heavy atom. The Balaban J connectivity index is 2.35. The minimum Gasteiger partial charge on any atom is -0.399 e. The van der Waals surface area contributed by atoms with E-state index in [0.717, 1.165) is 12.2 Å². The molecule has 1 aromatic rings. The van der Waals surface area contributed by atoms with Gasteiger partial charge in [-0.1, -0.05) is 13.8 Å². The average Bonchev–Trinajstić information content (AvgIpc) is 2.39. The second kappa shape index (κ2) is 5.73. The van der Waals surface area contributed by atoms with Gasteiger partial charge < -0.3 is 5.73 Å². The predicted octanol–water partition coefficient (Wildman–Crippen LogP) is 2.17. The number of anilines is 1. The number of rotatable bonds is 3. The summed E-state index contributed by atoms with van der Waals surface area (Å²) in [5.41, 5.74) is 6.19. The zero-order valence-electron chi connectivity index (χ0n) is 11.2. The van der Waals surface area contributed by atoms with Crippen LogP contribution in [0.15, 0.2) is 29.2 Å². The van der Waals surface area contributed by atoms with Gasteiger partial charge in [0.25, 0.3) is 0 Å². The average molecular weight is 300 g/mol. The molecule has 0 radical (unpaired) electrons. The number of hydrogen-bond acceptors (Lipinski definition) is 4. The van der Waals surface area contributed by atoms with Crippen molar-refractivity contribution in [3.8, 4) is 0 Å². The van der Waals surface area contributed by atoms with E-state index in [9.17, 15) is 8.42 Å². The second-order valence-corrected chi connectivity index (χ2v) is 8.11. The lowest BCUT2D eigenvalue weighted by Gasteiger charge is -2.38. The quantitative estimate of drug-likeness (QED) is 0.869. The number of benzene rings is 1. The molecule has 0 aliphatic carbocycles. The zero-order valence-corrected chi connectivity index (χ0v) is 12.9. The van der Waals surface area contributed by atoms with Crippen molar-refractivity contribution >= 4 is 27.5 Å². The highest BCUT2D eigenvalue weighted by atomic mass is 32.2. The Labute approximate surface area is 119 Å². The molecule has 1 aliphatic rings. The van der Waals surface area contributed by atoms with E-state index in [2.05, 4.69) is 6.92 Å². The van der Waals surface area contributed by atoms with Crippen molar-refractivity contribution in [3.63, 3.8) is 0 Å². The van der Waals surface area contributed by atoms with Gasteiger partial charge in [0.1, 0.15) is 0 Å². The van der Waals surface area contributed by atoms with E-state index in [1.807, 2.05) is 18.7 Å². The van der Waals surface area contributed by atoms with Crippen LogP contribution in [-0.4, -0.2) is 36.3 Å². The molecule has 0 spiro atoms. The van der Waals surface area contributed by atoms with Crippen molar-refractivity contribution in [2.24, 2.45) is 0 Å². The highest BCUT2D eigenvalue weighted by Crippen LogP contribution is 2.31. The number of sulfonamides is 1. The lowest BCUT2D eigenvalue weighted by atomic mass is 10.1. The molecule has 106 valence electrons. The molecule has 0 bridgehead atoms. The number of nitrogens with two attached hydrogens (primary N) is 1. The molecule has 2 rings (SSSR count). The minimum atomic E-state index is -3.41. The molecule has 2 unspecified atom stereocenters. The maximum atomic E-state index is 12.7. The first-order valence-corrected chi connectivity index (χ1v) is 8.94. The van der Waals surface area contributed by atoms with Gasteiger partial charge in [-0.15, -0.1) is 0 Å². The zero-order chi connectivity index (χ0) is 14.0. The largest absolute Gasteiger partial charge is 0.399 e. The van der Waals surface area contributed by atoms with Crippen molar-refractivity contribution in [1.82, 2.24) is 4.31 Å². The van der Waals surface area contributed by atoms with Crippen molar-refractivity contribution in [1.29, 1.82) is 0 Å². The summed E-state index contributed by atoms with van der Waals surface area (Å²) in [4.78, 5) is 0.333. The van der Waals surface area contributed by atoms with Crippen LogP contribution in [0.5, 0.6) is 0 Å². The Hall–Kier alpha value is -0.720. The highest BCUT2D eigenvalue weighted by Gasteiger charge is 2.36. The van der Waals surface area contributed by atoms with E-state index in [1.54, 1.807) is 28.6 Å². The van der Waals surface area contributed by atoms with Crippen LogP contribution in [0.25, 0.3) is 0 Å². The Bertz CT molecular complexity index is 528. The molecule has 1 saturated heterocycles. The standard InChI is InChI=1S/C13H20N2O2S2/c1-3-13-10(2)18-9-8-15(13)19(16,17)12-6-4-11(14)5-7-12/h4-7,10,13H,3,8-9,14H2,1-2H3. The fourth-order valence-electron chi connectivity index (χ4n) is 2.45. The van der Waals surface area contributed by atoms with Gasteiger partial charge in [0.15, 0.2) is 0 Å². The molecular weight excluding hydrogens is 280 g/mol. The Kier molecular flexibility index (Phi) is 4.43. The summed E-state index contributed by atoms with van der Waals surface area (Å²) >= 11 is 1.84. The van der Waals surface area contributed by atoms with Crippen LogP contribution in [0.4, 0.5) is 5.69 Å². The van der Waals surface area contributed by atoms with Crippen LogP contribution in [-0.2, 0) is 10.0 Å². The highest BCUT2D eigenvalue weighted by molar-refractivity contribution is 8.00. The number of thioether (sulfide) groups is 1. The minimum absolute atomic E-state index is 0.0707. The molecule has 6 heteroatoms. The number of hydrogen-bond donors (Lipinski definition) is 1. The van der Waals surface area contributed by atoms with E-state index in [4.69, 9.17) is 5.73 Å². The first kappa shape index (κ1) is 14.7. The van der Waals surface area contributed by atoms with E-state index in [-0.39, 0.29) is 6.04 Å². The summed E-state index contributed by atoms with van der Waals surface area (Å²) in [5.74, 6) is 0.853. The first-order chi connectivity index (χ1) is 8.96. The first-order valence-electron chi connectivity index (χ1n) is 6.45. The van der Waals surface area contributed by atoms with Crippen molar-refractivity contribution in [2.45, 2.75) is 36.5 Å². The molecule has 0 amide bonds. The van der Waals surface area contributed by atoms with Gasteiger partial charge in [-0.05, 0) is 30.7 Å². The summed E-state index contributed by atoms with van der Waals surface area (Å²) < 4.78 is 27.0. The summed E-state index contributed by atoms with van der Waals surface area (Å²) in [6.45, 7) is 4.72. The molecule has 1 heterocycles. The maximum Gasteiger partial charge on any atom is 0.243 e. The lowest BCUT2D eigenvalue weighted by molar-refractivity contribution is 0.313. The van der Waals surface area contributed by atoms with E-state index in [1.165, 1.54) is 0 Å². The van der Waals surface area contributed by atoms with Crippen LogP contribution in [0.3, 0.4) is 0 Å². The molecule has 1 fully saturated rings. The van der Waals surface area contributed by atoms with Crippen molar-refractivity contribution in [2.75, 3.05) is 18.0 Å². The summed E-state index contributed by atoms with van der Waals surface area (Å²) in [6.07, 6.45) is 0.836. The van der Waals surface area contributed by atoms with Crippen LogP contribution >= 0.6 is 11.8 Å². The van der Waals surface area contributed by atoms with Gasteiger partial charge >= 0.3 is 0 Å². The smallest absolute Gasteiger partial charge is 0.243 e. The SMILES string of the molecule is CCC1C(C)SCCN1S(=O)(=O)c1ccc(N)cc1. The molecule has 0 saturated carbocycles. The molecule has 1 aromatic carbocycles. The topological polar surface area (TPSA) is 63.4 Å². The fourth-order valence-corrected chi connectivity index (χ4v) is 5.65. The van der Waals surface area contributed by atoms with Gasteiger partial charge in [-0.3, -0.25) is 0 Å². The van der Waals surface area contributed by atoms with Gasteiger partial charge in [-0.2, -0.15) is 16.1 Å². The van der Waals surface area contributed by atoms with Crippen LogP contribution in [0.1, 0.15) is 20.3 Å². The monoisotopic (exact) mass is 300 g/mol. The summed E-state index contributed by atoms with van der Waals surface area (Å²) in [5, 5.41) is 0.335. The van der Waals surface area contributed by atoms with Crippen molar-refractivity contribution < 1.29 is 8.42 Å². The molecule has 2 N–H and O–H groups in total. The van der Waals surface area contributed by atoms with E-state index in [0.29, 0.717) is 22.4 Å². The lowest BCUT2D eigenvalue weighted by Crippen LogP contribution is -2.49. The van der Waals surface area contributed by atoms with Crippen LogP contribution in [0.2, 0.25) is 0 Å². The summed E-state index contributed by atoms with van der Waals surface area (Å²) in [6, 6.07) is 6.51. The third kappa shape index (κ3) is 2.90. The number of nitrogen functional groups attached to an aromatic ring is 1. The Morgan fingerprint density at radius 1 is 1.37 bits per heavy atom. The molecule has 2 atom stereocenters. The molecule has 4 nitrogen and oxygen atoms in total. The van der Waals surface area contributed by atoms with Gasteiger partial charge in [-0.25, -0.2) is 8.42 Å². The fraction of sp³-hybridized carbons (Fsp3) is 0.538. The third-order valence-electron chi connectivity index (χ3n) is 3.51. The third-order valence-corrected chi connectivity index (χ3v) is 6.71. The van der Waals surface area contributed by atoms with Gasteiger partial charge in [0.05, 0.1) is 4.90 Å². The second-order valence-electron chi connectivity index (χ2n) is 4.74. The predicted molar refractivity (Wildman–Crippen MR) is 80.7 cm³/mol. The van der Waals surface area contributed by atoms with E-state index >= 15 is 0 Å². The van der Waals surface area contributed by atoms with Crippen LogP contribution in [0, 0.1) is 0 Å². The van der Waals surface area contributed by atoms with Crippen molar-refractivity contribution in [3.05, 3.63) is 24.3 Å². The molecule has 1 aliphatic heterocycles. The molecular formula is C13H20N2O2S2. The van der Waals surface area contributed by atoms with Crippen LogP contribution < -0.4 is 5.73 Å². The number of nitrogens with zero attached hydrogens (tertiary/aromatic N) is 1.